The van der Waals surface area contributed by atoms with E-state index in [9.17, 15) is 9.18 Å². The number of guanidine groups is 1. The van der Waals surface area contributed by atoms with Crippen molar-refractivity contribution in [3.63, 3.8) is 0 Å². The molecule has 2 aromatic carbocycles. The van der Waals surface area contributed by atoms with Crippen molar-refractivity contribution in [2.45, 2.75) is 33.2 Å². The van der Waals surface area contributed by atoms with Crippen molar-refractivity contribution in [1.29, 1.82) is 0 Å². The van der Waals surface area contributed by atoms with Crippen LogP contribution in [0.25, 0.3) is 11.0 Å². The highest BCUT2D eigenvalue weighted by atomic mass is 19.1. The van der Waals surface area contributed by atoms with Crippen LogP contribution in [0.4, 0.5) is 4.39 Å². The summed E-state index contributed by atoms with van der Waals surface area (Å²) in [5, 5.41) is 9.32. The largest absolute Gasteiger partial charge is 0.357 e. The van der Waals surface area contributed by atoms with Gasteiger partial charge in [0.2, 0.25) is 5.91 Å². The molecular formula is C24H31FN6O. The van der Waals surface area contributed by atoms with Crippen LogP contribution in [0.2, 0.25) is 0 Å². The molecule has 0 aliphatic rings. The number of carbonyl (C=O) groups is 1. The summed E-state index contributed by atoms with van der Waals surface area (Å²) in [6.07, 6.45) is 1.13. The Morgan fingerprint density at radius 1 is 1.06 bits per heavy atom. The van der Waals surface area contributed by atoms with Gasteiger partial charge in [0.1, 0.15) is 11.6 Å². The van der Waals surface area contributed by atoms with E-state index in [-0.39, 0.29) is 18.1 Å². The van der Waals surface area contributed by atoms with Crippen LogP contribution in [0.15, 0.2) is 53.5 Å². The summed E-state index contributed by atoms with van der Waals surface area (Å²) in [6, 6.07) is 14.1. The molecule has 3 aromatic rings. The summed E-state index contributed by atoms with van der Waals surface area (Å²) in [4.78, 5) is 21.3. The number of para-hydroxylation sites is 2. The van der Waals surface area contributed by atoms with E-state index in [1.807, 2.05) is 32.0 Å². The van der Waals surface area contributed by atoms with E-state index >= 15 is 0 Å². The van der Waals surface area contributed by atoms with Gasteiger partial charge in [-0.1, -0.05) is 24.3 Å². The number of nitrogens with zero attached hydrogens (tertiary/aromatic N) is 3. The van der Waals surface area contributed by atoms with Gasteiger partial charge in [-0.2, -0.15) is 0 Å². The lowest BCUT2D eigenvalue weighted by Crippen LogP contribution is -2.41. The number of benzene rings is 2. The number of aliphatic imine (C=N–C) groups is 1. The number of aryl methyl sites for hydroxylation is 2. The van der Waals surface area contributed by atoms with Gasteiger partial charge in [0, 0.05) is 32.7 Å². The van der Waals surface area contributed by atoms with E-state index in [1.54, 1.807) is 12.1 Å². The van der Waals surface area contributed by atoms with Gasteiger partial charge in [0.15, 0.2) is 5.96 Å². The first-order chi connectivity index (χ1) is 15.6. The van der Waals surface area contributed by atoms with Crippen molar-refractivity contribution < 1.29 is 9.18 Å². The number of halogens is 1. The van der Waals surface area contributed by atoms with Crippen LogP contribution < -0.4 is 16.0 Å². The molecule has 0 saturated heterocycles. The van der Waals surface area contributed by atoms with Crippen molar-refractivity contribution in [1.82, 2.24) is 25.5 Å². The van der Waals surface area contributed by atoms with Crippen molar-refractivity contribution in [3.05, 3.63) is 65.7 Å². The number of hydrogen-bond acceptors (Lipinski definition) is 3. The van der Waals surface area contributed by atoms with Gasteiger partial charge in [-0.25, -0.2) is 9.37 Å². The molecule has 0 spiro atoms. The van der Waals surface area contributed by atoms with Crippen LogP contribution in [0.5, 0.6) is 0 Å². The molecule has 0 bridgehead atoms. The summed E-state index contributed by atoms with van der Waals surface area (Å²) < 4.78 is 15.2. The smallest absolute Gasteiger partial charge is 0.224 e. The van der Waals surface area contributed by atoms with Crippen LogP contribution in [-0.2, 0) is 17.8 Å². The number of rotatable bonds is 10. The van der Waals surface area contributed by atoms with Gasteiger partial charge in [-0.15, -0.1) is 0 Å². The van der Waals surface area contributed by atoms with Crippen molar-refractivity contribution in [3.8, 4) is 0 Å². The minimum atomic E-state index is -0.304. The van der Waals surface area contributed by atoms with Crippen LogP contribution in [0.1, 0.15) is 24.7 Å². The molecule has 1 amide bonds. The van der Waals surface area contributed by atoms with E-state index in [4.69, 9.17) is 0 Å². The molecule has 0 unspecified atom stereocenters. The van der Waals surface area contributed by atoms with Crippen molar-refractivity contribution >= 4 is 22.9 Å². The monoisotopic (exact) mass is 438 g/mol. The Morgan fingerprint density at radius 2 is 1.81 bits per heavy atom. The van der Waals surface area contributed by atoms with E-state index in [0.717, 1.165) is 47.9 Å². The van der Waals surface area contributed by atoms with Gasteiger partial charge in [0.25, 0.3) is 0 Å². The van der Waals surface area contributed by atoms with Gasteiger partial charge in [0.05, 0.1) is 17.5 Å². The van der Waals surface area contributed by atoms with Crippen LogP contribution in [0, 0.1) is 12.7 Å². The van der Waals surface area contributed by atoms with E-state index in [0.29, 0.717) is 19.6 Å². The Labute approximate surface area is 188 Å². The zero-order valence-corrected chi connectivity index (χ0v) is 18.7. The summed E-state index contributed by atoms with van der Waals surface area (Å²) in [5.41, 5.74) is 2.95. The third-order valence-corrected chi connectivity index (χ3v) is 5.02. The van der Waals surface area contributed by atoms with E-state index in [2.05, 4.69) is 36.6 Å². The fourth-order valence-corrected chi connectivity index (χ4v) is 3.47. The zero-order chi connectivity index (χ0) is 22.8. The molecule has 7 nitrogen and oxygen atoms in total. The van der Waals surface area contributed by atoms with Crippen molar-refractivity contribution in [2.75, 3.05) is 26.2 Å². The SMILES string of the molecule is CCNC(=NCCCn1c(C)nc2ccccc21)NCCNC(=O)Cc1ccc(F)cc1. The quantitative estimate of drug-likeness (QED) is 0.258. The number of imidazole rings is 1. The highest BCUT2D eigenvalue weighted by Crippen LogP contribution is 2.15. The van der Waals surface area contributed by atoms with Crippen LogP contribution >= 0.6 is 0 Å². The van der Waals surface area contributed by atoms with Crippen molar-refractivity contribution in [2.24, 2.45) is 4.99 Å². The first-order valence-corrected chi connectivity index (χ1v) is 11.0. The maximum atomic E-state index is 12.9. The number of fused-ring (bicyclic) bond motifs is 1. The van der Waals surface area contributed by atoms with Gasteiger partial charge in [-0.3, -0.25) is 9.79 Å². The molecule has 1 heterocycles. The molecule has 32 heavy (non-hydrogen) atoms. The second-order valence-corrected chi connectivity index (χ2v) is 7.49. The van der Waals surface area contributed by atoms with Gasteiger partial charge >= 0.3 is 0 Å². The topological polar surface area (TPSA) is 83.3 Å². The Balaban J connectivity index is 1.40. The van der Waals surface area contributed by atoms with Crippen LogP contribution in [-0.4, -0.2) is 47.6 Å². The predicted molar refractivity (Wildman–Crippen MR) is 126 cm³/mol. The first kappa shape index (κ1) is 23.2. The number of aromatic nitrogens is 2. The Hall–Kier alpha value is -3.42. The molecular weight excluding hydrogens is 407 g/mol. The summed E-state index contributed by atoms with van der Waals surface area (Å²) in [5.74, 6) is 1.34. The maximum Gasteiger partial charge on any atom is 0.224 e. The molecule has 8 heteroatoms. The molecule has 3 N–H and O–H groups in total. The fourth-order valence-electron chi connectivity index (χ4n) is 3.47. The number of carbonyl (C=O) groups excluding carboxylic acids is 1. The molecule has 1 aromatic heterocycles. The number of amides is 1. The Bertz CT molecular complexity index is 1040. The van der Waals surface area contributed by atoms with E-state index < -0.39 is 0 Å². The highest BCUT2D eigenvalue weighted by Gasteiger charge is 2.06. The Kier molecular flexibility index (Phi) is 8.60. The average Bonchev–Trinajstić information content (AvgIpc) is 3.10. The maximum absolute atomic E-state index is 12.9. The lowest BCUT2D eigenvalue weighted by atomic mass is 10.1. The van der Waals surface area contributed by atoms with Crippen LogP contribution in [0.3, 0.4) is 0 Å². The lowest BCUT2D eigenvalue weighted by molar-refractivity contribution is -0.120. The second-order valence-electron chi connectivity index (χ2n) is 7.49. The van der Waals surface area contributed by atoms with E-state index in [1.165, 1.54) is 12.1 Å². The minimum Gasteiger partial charge on any atom is -0.357 e. The molecule has 0 aliphatic heterocycles. The van der Waals surface area contributed by atoms with Gasteiger partial charge in [-0.05, 0) is 50.1 Å². The predicted octanol–water partition coefficient (Wildman–Crippen LogP) is 2.79. The average molecular weight is 439 g/mol. The first-order valence-electron chi connectivity index (χ1n) is 11.0. The molecule has 0 aliphatic carbocycles. The number of nitrogens with one attached hydrogen (secondary N) is 3. The number of hydrogen-bond donors (Lipinski definition) is 3. The second kappa shape index (κ2) is 11.8. The summed E-state index contributed by atoms with van der Waals surface area (Å²) in [7, 11) is 0. The third kappa shape index (κ3) is 6.80. The normalized spacial score (nSPS) is 11.5. The third-order valence-electron chi connectivity index (χ3n) is 5.02. The molecule has 0 saturated carbocycles. The lowest BCUT2D eigenvalue weighted by Gasteiger charge is -2.12. The fraction of sp³-hybridized carbons (Fsp3) is 0.375. The zero-order valence-electron chi connectivity index (χ0n) is 18.7. The molecule has 170 valence electrons. The highest BCUT2D eigenvalue weighted by molar-refractivity contribution is 5.80. The molecule has 0 fully saturated rings. The molecule has 0 atom stereocenters. The Morgan fingerprint density at radius 3 is 2.59 bits per heavy atom. The standard InChI is InChI=1S/C24H31FN6O/c1-3-26-24(29-15-14-27-23(32)17-19-9-11-20(25)12-10-19)28-13-6-16-31-18(2)30-21-7-4-5-8-22(21)31/h4-5,7-12H,3,6,13-17H2,1-2H3,(H,27,32)(H2,26,28,29). The molecule has 0 radical (unpaired) electrons. The molecule has 3 rings (SSSR count). The summed E-state index contributed by atoms with van der Waals surface area (Å²) in [6.45, 7) is 7.37. The summed E-state index contributed by atoms with van der Waals surface area (Å²) >= 11 is 0. The van der Waals surface area contributed by atoms with Gasteiger partial charge < -0.3 is 20.5 Å². The minimum absolute atomic E-state index is 0.0942.